The van der Waals surface area contributed by atoms with Crippen molar-refractivity contribution in [3.63, 3.8) is 0 Å². The number of amides is 1. The molecule has 0 spiro atoms. The Morgan fingerprint density at radius 3 is 2.30 bits per heavy atom. The van der Waals surface area contributed by atoms with E-state index in [0.29, 0.717) is 18.7 Å². The number of benzene rings is 1. The Kier molecular flexibility index (Phi) is 4.10. The van der Waals surface area contributed by atoms with Crippen LogP contribution in [0.1, 0.15) is 12.5 Å². The molecule has 20 heavy (non-hydrogen) atoms. The standard InChI is InChI=1S/C13H17FN2O3S/c1-10-9-12(3-4-13(10)14)20(18,19)16-7-5-15(6-8-16)11(2)17/h3-4,9H,5-8H2,1-2H3. The number of sulfonamides is 1. The zero-order chi connectivity index (χ0) is 14.9. The van der Waals surface area contributed by atoms with Gasteiger partial charge in [-0.2, -0.15) is 4.31 Å². The van der Waals surface area contributed by atoms with Gasteiger partial charge in [-0.15, -0.1) is 0 Å². The molecule has 0 unspecified atom stereocenters. The molecule has 5 nitrogen and oxygen atoms in total. The highest BCUT2D eigenvalue weighted by molar-refractivity contribution is 7.89. The SMILES string of the molecule is CC(=O)N1CCN(S(=O)(=O)c2ccc(F)c(C)c2)CC1. The maximum atomic E-state index is 13.2. The summed E-state index contributed by atoms with van der Waals surface area (Å²) in [5, 5.41) is 0. The lowest BCUT2D eigenvalue weighted by Gasteiger charge is -2.33. The van der Waals surface area contributed by atoms with E-state index in [-0.39, 0.29) is 23.9 Å². The van der Waals surface area contributed by atoms with Gasteiger partial charge in [-0.05, 0) is 30.7 Å². The molecule has 1 aliphatic heterocycles. The molecular weight excluding hydrogens is 283 g/mol. The van der Waals surface area contributed by atoms with Crippen molar-refractivity contribution in [3.8, 4) is 0 Å². The monoisotopic (exact) mass is 300 g/mol. The third kappa shape index (κ3) is 2.83. The maximum Gasteiger partial charge on any atom is 0.243 e. The highest BCUT2D eigenvalue weighted by Crippen LogP contribution is 2.20. The van der Waals surface area contributed by atoms with Gasteiger partial charge >= 0.3 is 0 Å². The molecule has 1 heterocycles. The van der Waals surface area contributed by atoms with E-state index in [1.165, 1.54) is 30.3 Å². The zero-order valence-corrected chi connectivity index (χ0v) is 12.3. The van der Waals surface area contributed by atoms with Crippen molar-refractivity contribution in [2.75, 3.05) is 26.2 Å². The van der Waals surface area contributed by atoms with Crippen LogP contribution in [0.3, 0.4) is 0 Å². The second-order valence-electron chi connectivity index (χ2n) is 4.82. The molecule has 1 aromatic carbocycles. The van der Waals surface area contributed by atoms with Gasteiger partial charge in [-0.25, -0.2) is 12.8 Å². The third-order valence-electron chi connectivity index (χ3n) is 3.45. The van der Waals surface area contributed by atoms with E-state index in [0.717, 1.165) is 6.07 Å². The molecule has 1 fully saturated rings. The number of carbonyl (C=O) groups is 1. The number of halogens is 1. The van der Waals surface area contributed by atoms with Gasteiger partial charge < -0.3 is 4.90 Å². The van der Waals surface area contributed by atoms with Crippen LogP contribution in [-0.4, -0.2) is 49.7 Å². The topological polar surface area (TPSA) is 57.7 Å². The third-order valence-corrected chi connectivity index (χ3v) is 5.35. The maximum absolute atomic E-state index is 13.2. The molecule has 2 rings (SSSR count). The Balaban J connectivity index is 2.19. The van der Waals surface area contributed by atoms with Crippen LogP contribution in [-0.2, 0) is 14.8 Å². The molecule has 1 aliphatic rings. The summed E-state index contributed by atoms with van der Waals surface area (Å²) in [5.74, 6) is -0.481. The Bertz CT molecular complexity index is 623. The van der Waals surface area contributed by atoms with Crippen LogP contribution in [0, 0.1) is 12.7 Å². The summed E-state index contributed by atoms with van der Waals surface area (Å²) >= 11 is 0. The zero-order valence-electron chi connectivity index (χ0n) is 11.5. The number of hydrogen-bond donors (Lipinski definition) is 0. The Morgan fingerprint density at radius 1 is 1.20 bits per heavy atom. The molecule has 0 N–H and O–H groups in total. The second-order valence-corrected chi connectivity index (χ2v) is 6.76. The van der Waals surface area contributed by atoms with Gasteiger partial charge in [0.05, 0.1) is 4.90 Å². The van der Waals surface area contributed by atoms with Crippen LogP contribution >= 0.6 is 0 Å². The van der Waals surface area contributed by atoms with Crippen LogP contribution in [0.15, 0.2) is 23.1 Å². The summed E-state index contributed by atoms with van der Waals surface area (Å²) in [6.07, 6.45) is 0. The molecule has 110 valence electrons. The van der Waals surface area contributed by atoms with Gasteiger partial charge in [-0.3, -0.25) is 4.79 Å². The second kappa shape index (κ2) is 5.49. The highest BCUT2D eigenvalue weighted by Gasteiger charge is 2.29. The van der Waals surface area contributed by atoms with E-state index >= 15 is 0 Å². The number of hydrogen-bond acceptors (Lipinski definition) is 3. The Hall–Kier alpha value is -1.47. The first-order valence-corrected chi connectivity index (χ1v) is 7.78. The minimum absolute atomic E-state index is 0.0559. The number of aryl methyl sites for hydroxylation is 1. The van der Waals surface area contributed by atoms with Gasteiger partial charge in [0.1, 0.15) is 5.82 Å². The summed E-state index contributed by atoms with van der Waals surface area (Å²) in [5.41, 5.74) is 0.299. The van der Waals surface area contributed by atoms with Gasteiger partial charge in [0.25, 0.3) is 0 Å². The van der Waals surface area contributed by atoms with Crippen molar-refractivity contribution in [1.29, 1.82) is 0 Å². The fraction of sp³-hybridized carbons (Fsp3) is 0.462. The molecule has 0 aromatic heterocycles. The van der Waals surface area contributed by atoms with E-state index in [4.69, 9.17) is 0 Å². The van der Waals surface area contributed by atoms with Crippen LogP contribution in [0.4, 0.5) is 4.39 Å². The quantitative estimate of drug-likeness (QED) is 0.818. The number of rotatable bonds is 2. The smallest absolute Gasteiger partial charge is 0.243 e. The Morgan fingerprint density at radius 2 is 1.80 bits per heavy atom. The first-order chi connectivity index (χ1) is 9.32. The van der Waals surface area contributed by atoms with E-state index in [1.54, 1.807) is 4.90 Å². The van der Waals surface area contributed by atoms with Gasteiger partial charge in [0.2, 0.25) is 15.9 Å². The predicted octanol–water partition coefficient (Wildman–Crippen LogP) is 0.987. The lowest BCUT2D eigenvalue weighted by Crippen LogP contribution is -2.49. The lowest BCUT2D eigenvalue weighted by atomic mass is 10.2. The van der Waals surface area contributed by atoms with E-state index in [1.807, 2.05) is 0 Å². The van der Waals surface area contributed by atoms with E-state index in [9.17, 15) is 17.6 Å². The van der Waals surface area contributed by atoms with E-state index < -0.39 is 15.8 Å². The Labute approximate surface area is 118 Å². The minimum atomic E-state index is -3.62. The molecular formula is C13H17FN2O3S. The van der Waals surface area contributed by atoms with Crippen molar-refractivity contribution in [1.82, 2.24) is 9.21 Å². The van der Waals surface area contributed by atoms with Gasteiger partial charge in [0, 0.05) is 33.1 Å². The van der Waals surface area contributed by atoms with Gasteiger partial charge in [0.15, 0.2) is 0 Å². The molecule has 1 saturated heterocycles. The summed E-state index contributed by atoms with van der Waals surface area (Å²) < 4.78 is 39.4. The highest BCUT2D eigenvalue weighted by atomic mass is 32.2. The van der Waals surface area contributed by atoms with Crippen LogP contribution in [0.2, 0.25) is 0 Å². The fourth-order valence-electron chi connectivity index (χ4n) is 2.17. The lowest BCUT2D eigenvalue weighted by molar-refractivity contribution is -0.129. The van der Waals surface area contributed by atoms with Gasteiger partial charge in [-0.1, -0.05) is 0 Å². The molecule has 0 atom stereocenters. The van der Waals surface area contributed by atoms with Crippen LogP contribution < -0.4 is 0 Å². The molecule has 7 heteroatoms. The summed E-state index contributed by atoms with van der Waals surface area (Å²) in [6.45, 7) is 4.29. The predicted molar refractivity (Wildman–Crippen MR) is 72.1 cm³/mol. The largest absolute Gasteiger partial charge is 0.340 e. The van der Waals surface area contributed by atoms with Crippen molar-refractivity contribution >= 4 is 15.9 Å². The fourth-order valence-corrected chi connectivity index (χ4v) is 3.68. The van der Waals surface area contributed by atoms with Crippen molar-refractivity contribution in [3.05, 3.63) is 29.6 Å². The average molecular weight is 300 g/mol. The normalized spacial score (nSPS) is 17.2. The molecule has 1 aromatic rings. The summed E-state index contributed by atoms with van der Waals surface area (Å²) in [7, 11) is -3.62. The number of carbonyl (C=O) groups excluding carboxylic acids is 1. The van der Waals surface area contributed by atoms with Crippen molar-refractivity contribution in [2.24, 2.45) is 0 Å². The van der Waals surface area contributed by atoms with Crippen molar-refractivity contribution < 1.29 is 17.6 Å². The average Bonchev–Trinajstić information content (AvgIpc) is 2.41. The molecule has 1 amide bonds. The van der Waals surface area contributed by atoms with E-state index in [2.05, 4.69) is 0 Å². The molecule has 0 saturated carbocycles. The van der Waals surface area contributed by atoms with Crippen LogP contribution in [0.25, 0.3) is 0 Å². The summed E-state index contributed by atoms with van der Waals surface area (Å²) in [6, 6.07) is 3.77. The number of piperazine rings is 1. The van der Waals surface area contributed by atoms with Crippen LogP contribution in [0.5, 0.6) is 0 Å². The first-order valence-electron chi connectivity index (χ1n) is 6.34. The first kappa shape index (κ1) is 14.9. The summed E-state index contributed by atoms with van der Waals surface area (Å²) in [4.78, 5) is 12.9. The minimum Gasteiger partial charge on any atom is -0.340 e. The number of nitrogens with zero attached hydrogens (tertiary/aromatic N) is 2. The molecule has 0 bridgehead atoms. The molecule has 0 radical (unpaired) electrons. The molecule has 0 aliphatic carbocycles. The van der Waals surface area contributed by atoms with Crippen molar-refractivity contribution in [2.45, 2.75) is 18.7 Å².